The minimum absolute atomic E-state index is 0.0487. The minimum atomic E-state index is -0.364. The van der Waals surface area contributed by atoms with Gasteiger partial charge in [0, 0.05) is 7.05 Å². The molecule has 6 heteroatoms. The number of hydrazone groups is 1. The molecule has 0 saturated carbocycles. The topological polar surface area (TPSA) is 66.4 Å². The van der Waals surface area contributed by atoms with E-state index in [1.165, 1.54) is 18.0 Å². The number of allylic oxidation sites excluding steroid dienone is 1. The summed E-state index contributed by atoms with van der Waals surface area (Å²) in [7, 11) is 1.93. The molecule has 0 unspecified atom stereocenters. The summed E-state index contributed by atoms with van der Waals surface area (Å²) in [5.74, 6) is 0. The Kier molecular flexibility index (Phi) is 3.46. The van der Waals surface area contributed by atoms with Crippen LogP contribution in [0.4, 0.5) is 0 Å². The van der Waals surface area contributed by atoms with E-state index in [4.69, 9.17) is 10.5 Å². The summed E-state index contributed by atoms with van der Waals surface area (Å²) in [6.07, 6.45) is 3.41. The van der Waals surface area contributed by atoms with Crippen LogP contribution >= 0.6 is 11.8 Å². The van der Waals surface area contributed by atoms with Crippen molar-refractivity contribution in [2.24, 2.45) is 5.10 Å². The zero-order valence-electron chi connectivity index (χ0n) is 9.72. The smallest absolute Gasteiger partial charge is 0.185 e. The SMILES string of the molecule is CSC1=NN(C=C(C#N)C#N)C(C)(C)N1C. The first-order valence-corrected chi connectivity index (χ1v) is 5.87. The highest BCUT2D eigenvalue weighted by Gasteiger charge is 2.37. The normalized spacial score (nSPS) is 17.5. The summed E-state index contributed by atoms with van der Waals surface area (Å²) < 4.78 is 0. The fourth-order valence-electron chi connectivity index (χ4n) is 1.24. The molecule has 0 aliphatic carbocycles. The minimum Gasteiger partial charge on any atom is -0.329 e. The maximum absolute atomic E-state index is 8.71. The molecule has 0 N–H and O–H groups in total. The third-order valence-corrected chi connectivity index (χ3v) is 3.26. The summed E-state index contributed by atoms with van der Waals surface area (Å²) in [5, 5.41) is 24.3. The molecule has 16 heavy (non-hydrogen) atoms. The zero-order valence-corrected chi connectivity index (χ0v) is 10.5. The molecular formula is C10H13N5S. The Balaban J connectivity index is 3.08. The summed E-state index contributed by atoms with van der Waals surface area (Å²) in [6, 6.07) is 3.66. The quantitative estimate of drug-likeness (QED) is 0.645. The van der Waals surface area contributed by atoms with Crippen LogP contribution in [0.15, 0.2) is 16.9 Å². The summed E-state index contributed by atoms with van der Waals surface area (Å²) in [4.78, 5) is 2.00. The van der Waals surface area contributed by atoms with Gasteiger partial charge in [0.1, 0.15) is 23.4 Å². The zero-order chi connectivity index (χ0) is 12.3. The van der Waals surface area contributed by atoms with E-state index in [9.17, 15) is 0 Å². The van der Waals surface area contributed by atoms with Crippen LogP contribution in [0.3, 0.4) is 0 Å². The number of nitriles is 2. The molecule has 1 heterocycles. The fraction of sp³-hybridized carbons (Fsp3) is 0.500. The first-order chi connectivity index (χ1) is 7.47. The van der Waals surface area contributed by atoms with Gasteiger partial charge in [0.15, 0.2) is 5.17 Å². The molecular weight excluding hydrogens is 222 g/mol. The van der Waals surface area contributed by atoms with E-state index in [2.05, 4.69) is 5.10 Å². The number of hydrogen-bond donors (Lipinski definition) is 0. The summed E-state index contributed by atoms with van der Waals surface area (Å²) >= 11 is 1.53. The molecule has 1 aliphatic rings. The van der Waals surface area contributed by atoms with Crippen molar-refractivity contribution in [2.45, 2.75) is 19.5 Å². The average Bonchev–Trinajstić information content (AvgIpc) is 2.48. The van der Waals surface area contributed by atoms with Crippen molar-refractivity contribution < 1.29 is 0 Å². The summed E-state index contributed by atoms with van der Waals surface area (Å²) in [5.41, 5.74) is -0.315. The lowest BCUT2D eigenvalue weighted by atomic mass is 10.2. The molecule has 0 fully saturated rings. The molecule has 0 radical (unpaired) electrons. The Hall–Kier alpha value is -1.66. The lowest BCUT2D eigenvalue weighted by Gasteiger charge is -2.34. The Morgan fingerprint density at radius 3 is 2.38 bits per heavy atom. The molecule has 5 nitrogen and oxygen atoms in total. The van der Waals surface area contributed by atoms with Crippen LogP contribution in [0, 0.1) is 22.7 Å². The van der Waals surface area contributed by atoms with Crippen LogP contribution in [-0.4, -0.2) is 34.0 Å². The van der Waals surface area contributed by atoms with Crippen molar-refractivity contribution in [3.8, 4) is 12.1 Å². The second-order valence-electron chi connectivity index (χ2n) is 3.75. The third-order valence-electron chi connectivity index (χ3n) is 2.54. The maximum Gasteiger partial charge on any atom is 0.185 e. The van der Waals surface area contributed by atoms with Crippen molar-refractivity contribution in [1.29, 1.82) is 10.5 Å². The predicted molar refractivity (Wildman–Crippen MR) is 63.9 cm³/mol. The second-order valence-corrected chi connectivity index (χ2v) is 4.52. The van der Waals surface area contributed by atoms with Gasteiger partial charge in [-0.3, -0.25) is 0 Å². The molecule has 0 bridgehead atoms. The highest BCUT2D eigenvalue weighted by atomic mass is 32.2. The largest absolute Gasteiger partial charge is 0.329 e. The fourth-order valence-corrected chi connectivity index (χ4v) is 1.91. The van der Waals surface area contributed by atoms with E-state index in [-0.39, 0.29) is 11.2 Å². The number of hydrogen-bond acceptors (Lipinski definition) is 6. The Labute approximate surface area is 99.6 Å². The van der Waals surface area contributed by atoms with Crippen LogP contribution in [-0.2, 0) is 0 Å². The predicted octanol–water partition coefficient (Wildman–Crippen LogP) is 1.53. The van der Waals surface area contributed by atoms with Crippen molar-refractivity contribution in [2.75, 3.05) is 13.3 Å². The van der Waals surface area contributed by atoms with E-state index in [1.54, 1.807) is 5.01 Å². The molecule has 0 aromatic rings. The number of nitrogens with zero attached hydrogens (tertiary/aromatic N) is 5. The Morgan fingerprint density at radius 2 is 2.00 bits per heavy atom. The van der Waals surface area contributed by atoms with Gasteiger partial charge in [-0.2, -0.15) is 10.5 Å². The van der Waals surface area contributed by atoms with Crippen LogP contribution in [0.25, 0.3) is 0 Å². The van der Waals surface area contributed by atoms with Crippen molar-refractivity contribution in [3.05, 3.63) is 11.8 Å². The van der Waals surface area contributed by atoms with Crippen molar-refractivity contribution in [1.82, 2.24) is 9.91 Å². The number of thioether (sulfide) groups is 1. The molecule has 0 aromatic carbocycles. The van der Waals surface area contributed by atoms with Gasteiger partial charge in [-0.25, -0.2) is 5.01 Å². The molecule has 84 valence electrons. The molecule has 0 spiro atoms. The van der Waals surface area contributed by atoms with Crippen molar-refractivity contribution in [3.63, 3.8) is 0 Å². The monoisotopic (exact) mass is 235 g/mol. The molecule has 0 saturated heterocycles. The Bertz CT molecular complexity index is 407. The van der Waals surface area contributed by atoms with Gasteiger partial charge in [-0.1, -0.05) is 11.8 Å². The van der Waals surface area contributed by atoms with Crippen LogP contribution in [0.1, 0.15) is 13.8 Å². The highest BCUT2D eigenvalue weighted by Crippen LogP contribution is 2.29. The van der Waals surface area contributed by atoms with E-state index >= 15 is 0 Å². The second kappa shape index (κ2) is 4.46. The molecule has 0 amide bonds. The third kappa shape index (κ3) is 1.98. The number of amidine groups is 1. The van der Waals surface area contributed by atoms with E-state index in [0.29, 0.717) is 0 Å². The molecule has 1 rings (SSSR count). The van der Waals surface area contributed by atoms with Crippen molar-refractivity contribution >= 4 is 16.9 Å². The lowest BCUT2D eigenvalue weighted by Crippen LogP contribution is -2.46. The molecule has 0 aromatic heterocycles. The van der Waals surface area contributed by atoms with Gasteiger partial charge in [0.25, 0.3) is 0 Å². The van der Waals surface area contributed by atoms with Gasteiger partial charge in [-0.05, 0) is 20.1 Å². The molecule has 1 aliphatic heterocycles. The first-order valence-electron chi connectivity index (χ1n) is 4.65. The first kappa shape index (κ1) is 12.4. The van der Waals surface area contributed by atoms with Crippen LogP contribution in [0.2, 0.25) is 0 Å². The highest BCUT2D eigenvalue weighted by molar-refractivity contribution is 8.13. The van der Waals surface area contributed by atoms with Crippen LogP contribution in [0.5, 0.6) is 0 Å². The standard InChI is InChI=1S/C10H13N5S/c1-10(2)14(3)9(16-4)13-15(10)7-8(5-11)6-12/h7H,1-4H3. The molecule has 0 atom stereocenters. The van der Waals surface area contributed by atoms with Crippen LogP contribution < -0.4 is 0 Å². The van der Waals surface area contributed by atoms with Gasteiger partial charge in [0.2, 0.25) is 0 Å². The van der Waals surface area contributed by atoms with Gasteiger partial charge in [-0.15, -0.1) is 5.10 Å². The van der Waals surface area contributed by atoms with E-state index < -0.39 is 0 Å². The van der Waals surface area contributed by atoms with Gasteiger partial charge >= 0.3 is 0 Å². The average molecular weight is 235 g/mol. The summed E-state index contributed by atoms with van der Waals surface area (Å²) in [6.45, 7) is 3.95. The van der Waals surface area contributed by atoms with Gasteiger partial charge < -0.3 is 4.90 Å². The van der Waals surface area contributed by atoms with Gasteiger partial charge in [0.05, 0.1) is 6.20 Å². The van der Waals surface area contributed by atoms with E-state index in [1.807, 2.05) is 44.2 Å². The van der Waals surface area contributed by atoms with E-state index in [0.717, 1.165) is 5.17 Å². The lowest BCUT2D eigenvalue weighted by molar-refractivity contribution is 0.106. The Morgan fingerprint density at radius 1 is 1.44 bits per heavy atom. The number of rotatable bonds is 1. The maximum atomic E-state index is 8.71.